The van der Waals surface area contributed by atoms with Crippen molar-refractivity contribution in [1.82, 2.24) is 20.2 Å². The molecule has 3 aromatic carbocycles. The normalized spacial score (nSPS) is 15.8. The van der Waals surface area contributed by atoms with Crippen molar-refractivity contribution < 1.29 is 4.79 Å². The van der Waals surface area contributed by atoms with Crippen molar-refractivity contribution in [1.29, 1.82) is 0 Å². The molecule has 0 aliphatic carbocycles. The van der Waals surface area contributed by atoms with Crippen molar-refractivity contribution in [2.45, 2.75) is 25.3 Å². The van der Waals surface area contributed by atoms with Crippen LogP contribution in [0.25, 0.3) is 33.5 Å². The summed E-state index contributed by atoms with van der Waals surface area (Å²) < 4.78 is 0. The lowest BCUT2D eigenvalue weighted by Crippen LogP contribution is -2.32. The lowest BCUT2D eigenvalue weighted by molar-refractivity contribution is 0.204. The van der Waals surface area contributed by atoms with Crippen LogP contribution < -0.4 is 10.6 Å². The average Bonchev–Trinajstić information content (AvgIpc) is 3.58. The number of benzene rings is 3. The number of hydrogen-bond acceptors (Lipinski definition) is 5. The average molecular weight is 517 g/mol. The minimum Gasteiger partial charge on any atom is -0.304 e. The molecule has 1 N–H and O–H groups in total. The van der Waals surface area contributed by atoms with E-state index in [0.717, 1.165) is 77.4 Å². The molecule has 7 rings (SSSR count). The van der Waals surface area contributed by atoms with Gasteiger partial charge in [-0.05, 0) is 55.1 Å². The summed E-state index contributed by atoms with van der Waals surface area (Å²) in [5, 5.41) is 11.0. The van der Waals surface area contributed by atoms with Gasteiger partial charge in [-0.15, -0.1) is 11.3 Å². The molecule has 38 heavy (non-hydrogen) atoms. The van der Waals surface area contributed by atoms with E-state index in [1.807, 2.05) is 24.3 Å². The van der Waals surface area contributed by atoms with Gasteiger partial charge in [-0.2, -0.15) is 5.32 Å². The SMILES string of the molecule is O=C1[N]c2cc(C3CCN(Cc4ccc(-c5nc6cscc6nc5-c5ccccc5)cc4)CC3)ccc2N1. The Morgan fingerprint density at radius 2 is 1.53 bits per heavy atom. The number of thiophene rings is 1. The molecule has 0 atom stereocenters. The van der Waals surface area contributed by atoms with Gasteiger partial charge >= 0.3 is 6.03 Å². The molecule has 2 aromatic heterocycles. The van der Waals surface area contributed by atoms with Gasteiger partial charge in [-0.1, -0.05) is 60.7 Å². The number of fused-ring (bicyclic) bond motifs is 2. The van der Waals surface area contributed by atoms with Crippen molar-refractivity contribution in [3.63, 3.8) is 0 Å². The van der Waals surface area contributed by atoms with Crippen molar-refractivity contribution in [3.8, 4) is 22.5 Å². The lowest BCUT2D eigenvalue weighted by atomic mass is 9.89. The second kappa shape index (κ2) is 9.67. The van der Waals surface area contributed by atoms with E-state index in [9.17, 15) is 4.79 Å². The van der Waals surface area contributed by atoms with Crippen LogP contribution in [0.3, 0.4) is 0 Å². The highest BCUT2D eigenvalue weighted by atomic mass is 32.1. The van der Waals surface area contributed by atoms with Crippen molar-refractivity contribution in [2.24, 2.45) is 0 Å². The summed E-state index contributed by atoms with van der Waals surface area (Å²) in [5.74, 6) is 0.506. The number of nitrogens with one attached hydrogen (secondary N) is 1. The fourth-order valence-electron chi connectivity index (χ4n) is 5.50. The second-order valence-electron chi connectivity index (χ2n) is 9.99. The zero-order valence-electron chi connectivity index (χ0n) is 20.8. The van der Waals surface area contributed by atoms with Gasteiger partial charge < -0.3 is 5.32 Å². The Labute approximate surface area is 225 Å². The Hall–Kier alpha value is -4.07. The van der Waals surface area contributed by atoms with Crippen LogP contribution in [0.5, 0.6) is 0 Å². The number of urea groups is 1. The van der Waals surface area contributed by atoms with Gasteiger partial charge in [0.25, 0.3) is 0 Å². The van der Waals surface area contributed by atoms with Crippen LogP contribution in [0.1, 0.15) is 29.9 Å². The molecule has 6 nitrogen and oxygen atoms in total. The molecule has 7 heteroatoms. The molecule has 1 fully saturated rings. The van der Waals surface area contributed by atoms with E-state index in [0.29, 0.717) is 5.92 Å². The molecule has 4 heterocycles. The van der Waals surface area contributed by atoms with Crippen LogP contribution in [0.4, 0.5) is 16.2 Å². The summed E-state index contributed by atoms with van der Waals surface area (Å²) in [4.78, 5) is 24.0. The van der Waals surface area contributed by atoms with Crippen LogP contribution in [-0.2, 0) is 6.54 Å². The molecule has 0 unspecified atom stereocenters. The minimum absolute atomic E-state index is 0.270. The van der Waals surface area contributed by atoms with Crippen molar-refractivity contribution in [3.05, 3.63) is 94.7 Å². The monoisotopic (exact) mass is 516 g/mol. The number of carbonyl (C=O) groups excluding carboxylic acids is 1. The largest absolute Gasteiger partial charge is 0.346 e. The maximum Gasteiger partial charge on any atom is 0.346 e. The first-order valence-electron chi connectivity index (χ1n) is 13.0. The summed E-state index contributed by atoms with van der Waals surface area (Å²) in [6.07, 6.45) is 2.21. The predicted molar refractivity (Wildman–Crippen MR) is 153 cm³/mol. The first-order chi connectivity index (χ1) is 18.7. The van der Waals surface area contributed by atoms with Crippen LogP contribution in [0.15, 0.2) is 83.6 Å². The van der Waals surface area contributed by atoms with E-state index >= 15 is 0 Å². The highest BCUT2D eigenvalue weighted by Crippen LogP contribution is 2.36. The van der Waals surface area contributed by atoms with E-state index in [4.69, 9.17) is 9.97 Å². The van der Waals surface area contributed by atoms with E-state index < -0.39 is 0 Å². The van der Waals surface area contributed by atoms with Crippen LogP contribution in [0, 0.1) is 0 Å². The smallest absolute Gasteiger partial charge is 0.304 e. The van der Waals surface area contributed by atoms with Gasteiger partial charge in [0.2, 0.25) is 0 Å². The van der Waals surface area contributed by atoms with Gasteiger partial charge in [-0.25, -0.2) is 14.8 Å². The third-order valence-electron chi connectivity index (χ3n) is 7.54. The lowest BCUT2D eigenvalue weighted by Gasteiger charge is -2.32. The maximum absolute atomic E-state index is 11.5. The molecule has 0 spiro atoms. The van der Waals surface area contributed by atoms with Crippen LogP contribution in [0.2, 0.25) is 0 Å². The molecule has 0 bridgehead atoms. The fraction of sp³-hybridized carbons (Fsp3) is 0.194. The molecular weight excluding hydrogens is 490 g/mol. The number of hydrogen-bond donors (Lipinski definition) is 1. The number of aromatic nitrogens is 2. The van der Waals surface area contributed by atoms with E-state index in [1.54, 1.807) is 11.3 Å². The van der Waals surface area contributed by atoms with Crippen LogP contribution in [-0.4, -0.2) is 34.0 Å². The van der Waals surface area contributed by atoms with Gasteiger partial charge in [-0.3, -0.25) is 4.90 Å². The molecule has 5 aromatic rings. The summed E-state index contributed by atoms with van der Waals surface area (Å²) in [6, 6.07) is 25.0. The summed E-state index contributed by atoms with van der Waals surface area (Å²) in [7, 11) is 0. The number of rotatable bonds is 5. The zero-order chi connectivity index (χ0) is 25.5. The molecule has 0 saturated carbocycles. The van der Waals surface area contributed by atoms with Crippen molar-refractivity contribution in [2.75, 3.05) is 18.4 Å². The molecule has 2 amide bonds. The van der Waals surface area contributed by atoms with Gasteiger partial charge in [0, 0.05) is 28.4 Å². The summed E-state index contributed by atoms with van der Waals surface area (Å²) in [5.41, 5.74) is 10.1. The molecule has 1 radical (unpaired) electrons. The molecule has 1 saturated heterocycles. The van der Waals surface area contributed by atoms with Gasteiger partial charge in [0.15, 0.2) is 0 Å². The number of anilines is 1. The Balaban J connectivity index is 1.05. The molecule has 2 aliphatic rings. The number of amides is 2. The van der Waals surface area contributed by atoms with E-state index in [-0.39, 0.29) is 6.03 Å². The van der Waals surface area contributed by atoms with Crippen LogP contribution >= 0.6 is 11.3 Å². The highest BCUT2D eigenvalue weighted by molar-refractivity contribution is 7.09. The predicted octanol–water partition coefficient (Wildman–Crippen LogP) is 7.19. The van der Waals surface area contributed by atoms with Gasteiger partial charge in [0.1, 0.15) is 11.0 Å². The summed E-state index contributed by atoms with van der Waals surface area (Å²) in [6.45, 7) is 3.04. The van der Waals surface area contributed by atoms with E-state index in [1.165, 1.54) is 11.1 Å². The Morgan fingerprint density at radius 1 is 0.842 bits per heavy atom. The Kier molecular flexibility index (Phi) is 5.87. The molecule has 187 valence electrons. The Bertz CT molecular complexity index is 1620. The number of piperidine rings is 1. The number of carbonyl (C=O) groups is 1. The molecule has 2 aliphatic heterocycles. The number of likely N-dealkylation sites (tertiary alicyclic amines) is 1. The maximum atomic E-state index is 11.5. The minimum atomic E-state index is -0.270. The van der Waals surface area contributed by atoms with E-state index in [2.05, 4.69) is 74.8 Å². The third kappa shape index (κ3) is 4.44. The second-order valence-corrected chi connectivity index (χ2v) is 10.7. The quantitative estimate of drug-likeness (QED) is 0.268. The first-order valence-corrected chi connectivity index (χ1v) is 13.9. The summed E-state index contributed by atoms with van der Waals surface area (Å²) >= 11 is 1.63. The Morgan fingerprint density at radius 3 is 2.24 bits per heavy atom. The fourth-order valence-corrected chi connectivity index (χ4v) is 6.17. The zero-order valence-corrected chi connectivity index (χ0v) is 21.6. The highest BCUT2D eigenvalue weighted by Gasteiger charge is 2.24. The standard InChI is InChI=1S/C31H26N5OS/c37-31-34-25-11-10-24(16-26(25)35-31)21-12-14-36(15-13-21)17-20-6-8-23(9-7-20)30-29(22-4-2-1-3-5-22)32-27-18-38-19-28(27)33-30/h1-11,16,18-19,21H,12-15,17H2,(H,34,37). The topological polar surface area (TPSA) is 72.2 Å². The molecular formula is C31H26N5OS. The third-order valence-corrected chi connectivity index (χ3v) is 8.25. The first kappa shape index (κ1) is 23.1. The number of nitrogens with zero attached hydrogens (tertiary/aromatic N) is 4. The van der Waals surface area contributed by atoms with Crippen molar-refractivity contribution >= 4 is 39.8 Å². The van der Waals surface area contributed by atoms with Gasteiger partial charge in [0.05, 0.1) is 22.8 Å².